The molecule has 4 aliphatic carbocycles. The number of fused-ring (bicyclic) bond motifs is 5. The predicted octanol–water partition coefficient (Wildman–Crippen LogP) is 5.54. The van der Waals surface area contributed by atoms with Crippen molar-refractivity contribution in [3.05, 3.63) is 11.6 Å². The van der Waals surface area contributed by atoms with Crippen LogP contribution in [0.1, 0.15) is 91.9 Å². The van der Waals surface area contributed by atoms with Crippen LogP contribution in [0.15, 0.2) is 11.6 Å². The molecule has 3 saturated carbocycles. The molecule has 9 atom stereocenters. The summed E-state index contributed by atoms with van der Waals surface area (Å²) in [6.07, 6.45) is 12.7. The van der Waals surface area contributed by atoms with Crippen LogP contribution in [0.4, 0.5) is 0 Å². The van der Waals surface area contributed by atoms with Crippen molar-refractivity contribution in [2.75, 3.05) is 6.61 Å². The van der Waals surface area contributed by atoms with Gasteiger partial charge in [0.25, 0.3) is 0 Å². The summed E-state index contributed by atoms with van der Waals surface area (Å²) in [5.41, 5.74) is 1.73. The third kappa shape index (κ3) is 3.62. The first-order valence-electron chi connectivity index (χ1n) is 12.7. The lowest BCUT2D eigenvalue weighted by molar-refractivity contribution is -0.124. The smallest absolute Gasteiger partial charge is 0.155 e. The molecule has 0 saturated heterocycles. The summed E-state index contributed by atoms with van der Waals surface area (Å²) in [4.78, 5) is 12.1. The van der Waals surface area contributed by atoms with Gasteiger partial charge in [0, 0.05) is 13.0 Å². The number of carbonyl (C=O) groups excluding carboxylic acids is 1. The molecule has 0 aromatic rings. The molecule has 4 aliphatic rings. The fourth-order valence-corrected chi connectivity index (χ4v) is 8.58. The maximum atomic E-state index is 12.1. The second kappa shape index (κ2) is 8.35. The van der Waals surface area contributed by atoms with Crippen LogP contribution in [-0.4, -0.2) is 28.7 Å². The second-order valence-corrected chi connectivity index (χ2v) is 12.0. The Morgan fingerprint density at radius 3 is 2.60 bits per heavy atom. The minimum atomic E-state index is -0.274. The van der Waals surface area contributed by atoms with Gasteiger partial charge in [-0.05, 0) is 97.4 Å². The van der Waals surface area contributed by atoms with Crippen LogP contribution in [0.5, 0.6) is 0 Å². The lowest BCUT2D eigenvalue weighted by Crippen LogP contribution is -2.55. The highest BCUT2D eigenvalue weighted by molar-refractivity contribution is 5.91. The van der Waals surface area contributed by atoms with Gasteiger partial charge in [-0.3, -0.25) is 4.79 Å². The summed E-state index contributed by atoms with van der Waals surface area (Å²) in [7, 11) is 0. The van der Waals surface area contributed by atoms with Crippen LogP contribution in [0.2, 0.25) is 0 Å². The van der Waals surface area contributed by atoms with E-state index >= 15 is 0 Å². The molecule has 3 nitrogen and oxygen atoms in total. The minimum Gasteiger partial charge on any atom is -0.396 e. The molecule has 3 heteroatoms. The van der Waals surface area contributed by atoms with Gasteiger partial charge in [-0.2, -0.15) is 0 Å². The molecule has 0 amide bonds. The van der Waals surface area contributed by atoms with Crippen LogP contribution in [0.25, 0.3) is 0 Å². The molecule has 0 bridgehead atoms. The molecule has 0 heterocycles. The van der Waals surface area contributed by atoms with Crippen LogP contribution in [0, 0.1) is 46.3 Å². The number of carbonyl (C=O) groups is 1. The number of hydrogen-bond acceptors (Lipinski definition) is 3. The van der Waals surface area contributed by atoms with E-state index in [1.165, 1.54) is 44.1 Å². The van der Waals surface area contributed by atoms with Crippen LogP contribution in [-0.2, 0) is 4.79 Å². The van der Waals surface area contributed by atoms with Gasteiger partial charge in [0.15, 0.2) is 5.78 Å². The molecule has 0 aromatic heterocycles. The van der Waals surface area contributed by atoms with E-state index in [1.54, 1.807) is 0 Å². The maximum absolute atomic E-state index is 12.1. The molecule has 1 unspecified atom stereocenters. The highest BCUT2D eigenvalue weighted by Gasteiger charge is 2.61. The van der Waals surface area contributed by atoms with Gasteiger partial charge in [-0.15, -0.1) is 0 Å². The standard InChI is InChI=1S/C27H44O3/c1-17(16-28)6-5-7-18(2)21-8-9-22-25-23(11-13-27(21,22)4)26(3)12-10-20(29)14-19(26)15-24(25)30/h14,17-18,21-25,28,30H,5-13,15-16H2,1-4H3/t17?,18-,21-,22+,23-,24-,25+,26+,27-/m1/s1. The SMILES string of the molecule is CC(CO)CCC[C@@H](C)[C@H]1CC[C@H]2[C@@H]3[C@H](O)CC4=CC(=O)CC[C@]4(C)[C@@H]3CC[C@]12C. The zero-order chi connectivity index (χ0) is 21.7. The largest absolute Gasteiger partial charge is 0.396 e. The Labute approximate surface area is 183 Å². The van der Waals surface area contributed by atoms with E-state index in [0.29, 0.717) is 42.1 Å². The van der Waals surface area contributed by atoms with Crippen molar-refractivity contribution in [1.82, 2.24) is 0 Å². The van der Waals surface area contributed by atoms with Gasteiger partial charge in [-0.1, -0.05) is 46.1 Å². The highest BCUT2D eigenvalue weighted by Crippen LogP contribution is 2.67. The van der Waals surface area contributed by atoms with E-state index in [0.717, 1.165) is 31.1 Å². The maximum Gasteiger partial charge on any atom is 0.155 e. The Morgan fingerprint density at radius 1 is 1.10 bits per heavy atom. The molecule has 170 valence electrons. The van der Waals surface area contributed by atoms with Gasteiger partial charge in [0.1, 0.15) is 0 Å². The van der Waals surface area contributed by atoms with E-state index in [9.17, 15) is 15.0 Å². The summed E-state index contributed by atoms with van der Waals surface area (Å²) in [5.74, 6) is 3.75. The van der Waals surface area contributed by atoms with E-state index < -0.39 is 0 Å². The van der Waals surface area contributed by atoms with Crippen LogP contribution < -0.4 is 0 Å². The van der Waals surface area contributed by atoms with Gasteiger partial charge in [-0.25, -0.2) is 0 Å². The normalized spacial score (nSPS) is 45.2. The summed E-state index contributed by atoms with van der Waals surface area (Å²) < 4.78 is 0. The molecule has 0 aliphatic heterocycles. The van der Waals surface area contributed by atoms with Crippen molar-refractivity contribution in [2.45, 2.75) is 98.0 Å². The van der Waals surface area contributed by atoms with E-state index in [2.05, 4.69) is 27.7 Å². The third-order valence-electron chi connectivity index (χ3n) is 10.4. The van der Waals surface area contributed by atoms with E-state index in [4.69, 9.17) is 0 Å². The Bertz CT molecular complexity index is 684. The summed E-state index contributed by atoms with van der Waals surface area (Å²) in [5, 5.41) is 20.6. The minimum absolute atomic E-state index is 0.128. The van der Waals surface area contributed by atoms with Crippen molar-refractivity contribution in [2.24, 2.45) is 46.3 Å². The van der Waals surface area contributed by atoms with Crippen molar-refractivity contribution in [3.8, 4) is 0 Å². The lowest BCUT2D eigenvalue weighted by Gasteiger charge is -2.60. The summed E-state index contributed by atoms with van der Waals surface area (Å²) >= 11 is 0. The van der Waals surface area contributed by atoms with Gasteiger partial charge in [0.2, 0.25) is 0 Å². The number of rotatable bonds is 6. The van der Waals surface area contributed by atoms with Gasteiger partial charge < -0.3 is 10.2 Å². The summed E-state index contributed by atoms with van der Waals surface area (Å²) in [6, 6.07) is 0. The number of aliphatic hydroxyl groups is 2. The van der Waals surface area contributed by atoms with Crippen molar-refractivity contribution < 1.29 is 15.0 Å². The highest BCUT2D eigenvalue weighted by atomic mass is 16.3. The second-order valence-electron chi connectivity index (χ2n) is 12.0. The average molecular weight is 417 g/mol. The molecule has 0 spiro atoms. The first-order chi connectivity index (χ1) is 14.2. The first kappa shape index (κ1) is 22.5. The first-order valence-corrected chi connectivity index (χ1v) is 12.7. The topological polar surface area (TPSA) is 57.5 Å². The van der Waals surface area contributed by atoms with Crippen LogP contribution >= 0.6 is 0 Å². The number of aliphatic hydroxyl groups excluding tert-OH is 2. The average Bonchev–Trinajstić information content (AvgIpc) is 3.06. The zero-order valence-electron chi connectivity index (χ0n) is 19.7. The molecule has 4 rings (SSSR count). The molecule has 2 N–H and O–H groups in total. The van der Waals surface area contributed by atoms with E-state index in [1.807, 2.05) is 6.08 Å². The Morgan fingerprint density at radius 2 is 1.87 bits per heavy atom. The van der Waals surface area contributed by atoms with Crippen molar-refractivity contribution in [3.63, 3.8) is 0 Å². The van der Waals surface area contributed by atoms with Crippen LogP contribution in [0.3, 0.4) is 0 Å². The third-order valence-corrected chi connectivity index (χ3v) is 10.4. The molecule has 30 heavy (non-hydrogen) atoms. The van der Waals surface area contributed by atoms with Crippen molar-refractivity contribution in [1.29, 1.82) is 0 Å². The van der Waals surface area contributed by atoms with Crippen molar-refractivity contribution >= 4 is 5.78 Å². The fraction of sp³-hybridized carbons (Fsp3) is 0.889. The predicted molar refractivity (Wildman–Crippen MR) is 121 cm³/mol. The molecular weight excluding hydrogens is 372 g/mol. The van der Waals surface area contributed by atoms with E-state index in [-0.39, 0.29) is 17.3 Å². The Kier molecular flexibility index (Phi) is 6.27. The Balaban J connectivity index is 1.50. The lowest BCUT2D eigenvalue weighted by atomic mass is 9.45. The molecule has 0 radical (unpaired) electrons. The van der Waals surface area contributed by atoms with Gasteiger partial charge in [0.05, 0.1) is 6.10 Å². The molecule has 0 aromatic carbocycles. The number of ketones is 1. The fourth-order valence-electron chi connectivity index (χ4n) is 8.58. The van der Waals surface area contributed by atoms with Gasteiger partial charge >= 0.3 is 0 Å². The quantitative estimate of drug-likeness (QED) is 0.598. The zero-order valence-corrected chi connectivity index (χ0v) is 19.7. The summed E-state index contributed by atoms with van der Waals surface area (Å²) in [6.45, 7) is 9.85. The molecule has 3 fully saturated rings. The Hall–Kier alpha value is -0.670. The number of hydrogen-bond donors (Lipinski definition) is 2. The monoisotopic (exact) mass is 416 g/mol. The molecular formula is C27H44O3.